The number of para-hydroxylation sites is 4. The minimum absolute atomic E-state index is 0.589. The largest absolute Gasteiger partial charge is 0.436 e. The molecule has 0 unspecified atom stereocenters. The highest BCUT2D eigenvalue weighted by atomic mass is 16.4. The summed E-state index contributed by atoms with van der Waals surface area (Å²) in [5, 5.41) is 0. The molecule has 7 heteroatoms. The van der Waals surface area contributed by atoms with Gasteiger partial charge >= 0.3 is 0 Å². The van der Waals surface area contributed by atoms with E-state index in [0.29, 0.717) is 17.7 Å². The van der Waals surface area contributed by atoms with Crippen molar-refractivity contribution in [1.29, 1.82) is 0 Å². The predicted molar refractivity (Wildman–Crippen MR) is 206 cm³/mol. The number of anilines is 3. The van der Waals surface area contributed by atoms with Gasteiger partial charge in [-0.25, -0.2) is 15.0 Å². The van der Waals surface area contributed by atoms with E-state index in [1.165, 1.54) is 0 Å². The van der Waals surface area contributed by atoms with Crippen molar-refractivity contribution in [2.45, 2.75) is 0 Å². The Bertz CT molecular complexity index is 2650. The Balaban J connectivity index is 1.00. The third-order valence-electron chi connectivity index (χ3n) is 9.20. The van der Waals surface area contributed by atoms with Gasteiger partial charge in [0.2, 0.25) is 17.7 Å². The number of fused-ring (bicyclic) bond motifs is 3. The first-order valence-corrected chi connectivity index (χ1v) is 17.0. The number of rotatable bonds is 7. The van der Waals surface area contributed by atoms with Crippen LogP contribution in [0.15, 0.2) is 183 Å². The third kappa shape index (κ3) is 5.37. The van der Waals surface area contributed by atoms with E-state index in [1.54, 1.807) is 0 Å². The van der Waals surface area contributed by atoms with E-state index < -0.39 is 0 Å². The van der Waals surface area contributed by atoms with E-state index in [0.717, 1.165) is 78.2 Å². The molecule has 0 aliphatic carbocycles. The van der Waals surface area contributed by atoms with Gasteiger partial charge in [-0.1, -0.05) is 60.7 Å². The van der Waals surface area contributed by atoms with Crippen LogP contribution >= 0.6 is 0 Å². The van der Waals surface area contributed by atoms with E-state index in [4.69, 9.17) is 28.2 Å². The lowest BCUT2D eigenvalue weighted by molar-refractivity contribution is 0.619. The van der Waals surface area contributed by atoms with Crippen molar-refractivity contribution < 1.29 is 13.3 Å². The first kappa shape index (κ1) is 29.6. The average molecular weight is 673 g/mol. The molecule has 0 spiro atoms. The maximum absolute atomic E-state index is 6.17. The Morgan fingerprint density at radius 1 is 0.308 bits per heavy atom. The fraction of sp³-hybridized carbons (Fsp3) is 0. The fourth-order valence-corrected chi connectivity index (χ4v) is 6.56. The van der Waals surface area contributed by atoms with Crippen molar-refractivity contribution in [3.63, 3.8) is 0 Å². The molecular formula is C45H28N4O3. The Morgan fingerprint density at radius 3 is 1.19 bits per heavy atom. The molecule has 7 nitrogen and oxygen atoms in total. The molecule has 0 radical (unpaired) electrons. The van der Waals surface area contributed by atoms with Gasteiger partial charge < -0.3 is 18.2 Å². The number of hydrogen-bond acceptors (Lipinski definition) is 7. The van der Waals surface area contributed by atoms with Gasteiger partial charge in [-0.05, 0) is 120 Å². The summed E-state index contributed by atoms with van der Waals surface area (Å²) in [7, 11) is 0. The molecule has 0 aliphatic heterocycles. The molecule has 0 saturated heterocycles. The smallest absolute Gasteiger partial charge is 0.227 e. The first-order valence-electron chi connectivity index (χ1n) is 17.0. The van der Waals surface area contributed by atoms with Gasteiger partial charge in [-0.2, -0.15) is 0 Å². The van der Waals surface area contributed by atoms with E-state index in [2.05, 4.69) is 65.6 Å². The Kier molecular flexibility index (Phi) is 6.99. The second kappa shape index (κ2) is 12.3. The zero-order valence-electron chi connectivity index (χ0n) is 27.7. The van der Waals surface area contributed by atoms with Crippen LogP contribution < -0.4 is 4.90 Å². The van der Waals surface area contributed by atoms with Crippen molar-refractivity contribution in [3.05, 3.63) is 170 Å². The molecule has 3 aromatic heterocycles. The van der Waals surface area contributed by atoms with Crippen LogP contribution in [0, 0.1) is 0 Å². The van der Waals surface area contributed by atoms with E-state index >= 15 is 0 Å². The molecule has 0 amide bonds. The van der Waals surface area contributed by atoms with Crippen LogP contribution in [-0.4, -0.2) is 15.0 Å². The number of hydrogen-bond donors (Lipinski definition) is 0. The summed E-state index contributed by atoms with van der Waals surface area (Å²) >= 11 is 0. The molecule has 0 bridgehead atoms. The molecule has 246 valence electrons. The van der Waals surface area contributed by atoms with Gasteiger partial charge in [0, 0.05) is 33.8 Å². The second-order valence-electron chi connectivity index (χ2n) is 12.5. The molecule has 52 heavy (non-hydrogen) atoms. The lowest BCUT2D eigenvalue weighted by atomic mass is 10.0. The van der Waals surface area contributed by atoms with Crippen molar-refractivity contribution in [2.24, 2.45) is 0 Å². The standard InChI is InChI=1S/C45H28N4O3/c1-2-8-30(9-3-1)43-48-39-27-20-33(28-42(39)52-43)29-14-21-34(22-15-29)49(35-23-16-31(17-24-35)44-46-37-10-4-6-12-40(37)50-44)36-25-18-32(19-26-36)45-47-38-11-5-7-13-41(38)51-45/h1-28H. The van der Waals surface area contributed by atoms with E-state index in [9.17, 15) is 0 Å². The van der Waals surface area contributed by atoms with Gasteiger partial charge in [-0.3, -0.25) is 0 Å². The lowest BCUT2D eigenvalue weighted by Crippen LogP contribution is -2.09. The molecule has 3 heterocycles. The quantitative estimate of drug-likeness (QED) is 0.167. The molecule has 0 aliphatic rings. The molecule has 10 rings (SSSR count). The normalized spacial score (nSPS) is 11.5. The molecule has 0 fully saturated rings. The van der Waals surface area contributed by atoms with Crippen molar-refractivity contribution >= 4 is 50.4 Å². The fourth-order valence-electron chi connectivity index (χ4n) is 6.56. The summed E-state index contributed by atoms with van der Waals surface area (Å²) < 4.78 is 18.3. The molecule has 0 atom stereocenters. The van der Waals surface area contributed by atoms with Crippen molar-refractivity contribution in [3.8, 4) is 45.5 Å². The van der Waals surface area contributed by atoms with Crippen LogP contribution in [0.4, 0.5) is 17.1 Å². The maximum atomic E-state index is 6.17. The summed E-state index contributed by atoms with van der Waals surface area (Å²) in [5.74, 6) is 1.79. The average Bonchev–Trinajstić information content (AvgIpc) is 3.96. The molecule has 0 saturated carbocycles. The number of nitrogens with zero attached hydrogens (tertiary/aromatic N) is 4. The highest BCUT2D eigenvalue weighted by Gasteiger charge is 2.17. The van der Waals surface area contributed by atoms with E-state index in [-0.39, 0.29) is 0 Å². The number of benzene rings is 7. The zero-order valence-corrected chi connectivity index (χ0v) is 27.7. The molecular weight excluding hydrogens is 645 g/mol. The van der Waals surface area contributed by atoms with Crippen LogP contribution in [0.2, 0.25) is 0 Å². The Labute approximate surface area is 298 Å². The summed E-state index contributed by atoms with van der Waals surface area (Å²) in [6, 6.07) is 56.8. The number of oxazole rings is 3. The number of aromatic nitrogens is 3. The van der Waals surface area contributed by atoms with Crippen molar-refractivity contribution in [1.82, 2.24) is 15.0 Å². The van der Waals surface area contributed by atoms with Gasteiger partial charge in [-0.15, -0.1) is 0 Å². The lowest BCUT2D eigenvalue weighted by Gasteiger charge is -2.26. The molecule has 7 aromatic carbocycles. The summed E-state index contributed by atoms with van der Waals surface area (Å²) in [4.78, 5) is 16.3. The Hall–Kier alpha value is -7.25. The minimum atomic E-state index is 0.589. The van der Waals surface area contributed by atoms with Crippen LogP contribution in [0.5, 0.6) is 0 Å². The van der Waals surface area contributed by atoms with E-state index in [1.807, 2.05) is 109 Å². The SMILES string of the molecule is c1ccc(-c2nc3ccc(-c4ccc(N(c5ccc(-c6nc7ccccc7o6)cc5)c5ccc(-c6nc7ccccc7o6)cc5)cc4)cc3o2)cc1. The van der Waals surface area contributed by atoms with Crippen LogP contribution in [0.25, 0.3) is 78.8 Å². The molecule has 0 N–H and O–H groups in total. The monoisotopic (exact) mass is 672 g/mol. The minimum Gasteiger partial charge on any atom is -0.436 e. The highest BCUT2D eigenvalue weighted by Crippen LogP contribution is 2.38. The van der Waals surface area contributed by atoms with Gasteiger partial charge in [0.15, 0.2) is 16.7 Å². The topological polar surface area (TPSA) is 81.3 Å². The predicted octanol–water partition coefficient (Wildman–Crippen LogP) is 12.2. The highest BCUT2D eigenvalue weighted by molar-refractivity contribution is 5.85. The van der Waals surface area contributed by atoms with Gasteiger partial charge in [0.1, 0.15) is 16.6 Å². The molecule has 10 aromatic rings. The Morgan fingerprint density at radius 2 is 0.692 bits per heavy atom. The zero-order chi connectivity index (χ0) is 34.4. The van der Waals surface area contributed by atoms with Crippen LogP contribution in [-0.2, 0) is 0 Å². The second-order valence-corrected chi connectivity index (χ2v) is 12.5. The van der Waals surface area contributed by atoms with Gasteiger partial charge in [0.25, 0.3) is 0 Å². The maximum Gasteiger partial charge on any atom is 0.227 e. The first-order chi connectivity index (χ1) is 25.7. The summed E-state index contributed by atoms with van der Waals surface area (Å²) in [5.41, 5.74) is 12.6. The third-order valence-corrected chi connectivity index (χ3v) is 9.20. The van der Waals surface area contributed by atoms with Crippen LogP contribution in [0.1, 0.15) is 0 Å². The summed E-state index contributed by atoms with van der Waals surface area (Å²) in [6.07, 6.45) is 0. The van der Waals surface area contributed by atoms with Gasteiger partial charge in [0.05, 0.1) is 0 Å². The van der Waals surface area contributed by atoms with Crippen molar-refractivity contribution in [2.75, 3.05) is 4.90 Å². The summed E-state index contributed by atoms with van der Waals surface area (Å²) in [6.45, 7) is 0. The van der Waals surface area contributed by atoms with Crippen LogP contribution in [0.3, 0.4) is 0 Å².